The van der Waals surface area contributed by atoms with Gasteiger partial charge in [0.15, 0.2) is 11.5 Å². The molecule has 0 bridgehead atoms. The Hall–Kier alpha value is -2.20. The Bertz CT molecular complexity index is 727. The second kappa shape index (κ2) is 8.26. The average Bonchev–Trinajstić information content (AvgIpc) is 3.14. The van der Waals surface area contributed by atoms with Gasteiger partial charge >= 0.3 is 0 Å². The maximum Gasteiger partial charge on any atom is 0.164 e. The molecule has 1 N–H and O–H groups in total. The van der Waals surface area contributed by atoms with Gasteiger partial charge in [-0.2, -0.15) is 0 Å². The molecule has 25 heavy (non-hydrogen) atoms. The van der Waals surface area contributed by atoms with E-state index in [9.17, 15) is 0 Å². The highest BCUT2D eigenvalue weighted by Crippen LogP contribution is 2.34. The highest BCUT2D eigenvalue weighted by atomic mass is 16.5. The van der Waals surface area contributed by atoms with Gasteiger partial charge in [0.2, 0.25) is 0 Å². The lowest BCUT2D eigenvalue weighted by Gasteiger charge is -2.15. The van der Waals surface area contributed by atoms with Crippen LogP contribution in [0.3, 0.4) is 0 Å². The molecule has 0 radical (unpaired) electrons. The predicted molar refractivity (Wildman–Crippen MR) is 100.0 cm³/mol. The van der Waals surface area contributed by atoms with Crippen molar-refractivity contribution in [1.29, 1.82) is 0 Å². The molecule has 0 aliphatic heterocycles. The van der Waals surface area contributed by atoms with E-state index in [4.69, 9.17) is 14.2 Å². The summed E-state index contributed by atoms with van der Waals surface area (Å²) in [6.45, 7) is 1.80. The van der Waals surface area contributed by atoms with Gasteiger partial charge in [-0.3, -0.25) is 0 Å². The lowest BCUT2D eigenvalue weighted by molar-refractivity contribution is 0.347. The van der Waals surface area contributed by atoms with Gasteiger partial charge in [-0.05, 0) is 60.5 Å². The molecule has 134 valence electrons. The number of fused-ring (bicyclic) bond motifs is 1. The summed E-state index contributed by atoms with van der Waals surface area (Å²) in [7, 11) is 4.98. The van der Waals surface area contributed by atoms with Gasteiger partial charge in [-0.1, -0.05) is 18.2 Å². The molecule has 1 aliphatic rings. The molecule has 0 amide bonds. The molecule has 0 saturated heterocycles. The van der Waals surface area contributed by atoms with Crippen LogP contribution >= 0.6 is 0 Å². The SMILES string of the molecule is COc1cc(OC)c(OC)cc1CCNCc1cccc2c1CCC2. The zero-order valence-corrected chi connectivity index (χ0v) is 15.4. The quantitative estimate of drug-likeness (QED) is 0.746. The van der Waals surface area contributed by atoms with Crippen molar-refractivity contribution in [1.82, 2.24) is 5.32 Å². The molecule has 0 saturated carbocycles. The third kappa shape index (κ3) is 3.90. The average molecular weight is 341 g/mol. The third-order valence-corrected chi connectivity index (χ3v) is 4.92. The van der Waals surface area contributed by atoms with Gasteiger partial charge in [0.25, 0.3) is 0 Å². The van der Waals surface area contributed by atoms with Gasteiger partial charge in [0.05, 0.1) is 21.3 Å². The monoisotopic (exact) mass is 341 g/mol. The molecule has 4 heteroatoms. The van der Waals surface area contributed by atoms with E-state index in [1.807, 2.05) is 12.1 Å². The van der Waals surface area contributed by atoms with E-state index in [2.05, 4.69) is 23.5 Å². The minimum atomic E-state index is 0.691. The van der Waals surface area contributed by atoms with Crippen LogP contribution in [0.5, 0.6) is 17.2 Å². The van der Waals surface area contributed by atoms with Gasteiger partial charge in [0.1, 0.15) is 5.75 Å². The van der Waals surface area contributed by atoms with Crippen LogP contribution in [0.2, 0.25) is 0 Å². The van der Waals surface area contributed by atoms with Gasteiger partial charge < -0.3 is 19.5 Å². The molecule has 2 aromatic carbocycles. The minimum absolute atomic E-state index is 0.691. The number of hydrogen-bond donors (Lipinski definition) is 1. The van der Waals surface area contributed by atoms with Gasteiger partial charge in [-0.15, -0.1) is 0 Å². The number of nitrogens with one attached hydrogen (secondary N) is 1. The summed E-state index contributed by atoms with van der Waals surface area (Å²) in [6.07, 6.45) is 4.61. The molecule has 0 spiro atoms. The van der Waals surface area contributed by atoms with Crippen molar-refractivity contribution in [2.24, 2.45) is 0 Å². The second-order valence-corrected chi connectivity index (χ2v) is 6.35. The molecule has 0 unspecified atom stereocenters. The first-order chi connectivity index (χ1) is 12.3. The second-order valence-electron chi connectivity index (χ2n) is 6.35. The standard InChI is InChI=1S/C21H27NO3/c1-23-19-13-21(25-3)20(24-2)12-16(19)10-11-22-14-17-8-4-6-15-7-5-9-18(15)17/h4,6,8,12-13,22H,5,7,9-11,14H2,1-3H3. The van der Waals surface area contributed by atoms with Crippen molar-refractivity contribution < 1.29 is 14.2 Å². The summed E-state index contributed by atoms with van der Waals surface area (Å²) in [5.74, 6) is 2.26. The van der Waals surface area contributed by atoms with Crippen LogP contribution in [0.25, 0.3) is 0 Å². The molecular weight excluding hydrogens is 314 g/mol. The zero-order valence-electron chi connectivity index (χ0n) is 15.4. The Morgan fingerprint density at radius 3 is 2.40 bits per heavy atom. The Labute approximate surface area is 150 Å². The number of methoxy groups -OCH3 is 3. The van der Waals surface area contributed by atoms with E-state index in [-0.39, 0.29) is 0 Å². The number of ether oxygens (including phenoxy) is 3. The lowest BCUT2D eigenvalue weighted by atomic mass is 10.0. The van der Waals surface area contributed by atoms with Crippen LogP contribution in [0, 0.1) is 0 Å². The summed E-state index contributed by atoms with van der Waals surface area (Å²) in [5.41, 5.74) is 5.64. The van der Waals surface area contributed by atoms with Crippen LogP contribution in [0.1, 0.15) is 28.7 Å². The van der Waals surface area contributed by atoms with E-state index in [1.165, 1.54) is 30.4 Å². The molecule has 2 aromatic rings. The van der Waals surface area contributed by atoms with Gasteiger partial charge in [0, 0.05) is 12.6 Å². The minimum Gasteiger partial charge on any atom is -0.496 e. The topological polar surface area (TPSA) is 39.7 Å². The summed E-state index contributed by atoms with van der Waals surface area (Å²) in [4.78, 5) is 0. The fraction of sp³-hybridized carbons (Fsp3) is 0.429. The Kier molecular flexibility index (Phi) is 5.82. The fourth-order valence-corrected chi connectivity index (χ4v) is 3.60. The summed E-state index contributed by atoms with van der Waals surface area (Å²) in [5, 5.41) is 3.57. The largest absolute Gasteiger partial charge is 0.496 e. The van der Waals surface area contributed by atoms with Gasteiger partial charge in [-0.25, -0.2) is 0 Å². The number of hydrogen-bond acceptors (Lipinski definition) is 4. The molecular formula is C21H27NO3. The van der Waals surface area contributed by atoms with Crippen LogP contribution in [0.4, 0.5) is 0 Å². The van der Waals surface area contributed by atoms with Crippen LogP contribution in [-0.2, 0) is 25.8 Å². The van der Waals surface area contributed by atoms with Crippen LogP contribution < -0.4 is 19.5 Å². The third-order valence-electron chi connectivity index (χ3n) is 4.92. The first kappa shape index (κ1) is 17.6. The lowest BCUT2D eigenvalue weighted by Crippen LogP contribution is -2.18. The first-order valence-electron chi connectivity index (χ1n) is 8.86. The first-order valence-corrected chi connectivity index (χ1v) is 8.86. The molecule has 1 aliphatic carbocycles. The number of aryl methyl sites for hydroxylation is 1. The highest BCUT2D eigenvalue weighted by molar-refractivity contribution is 5.50. The zero-order chi connectivity index (χ0) is 17.6. The van der Waals surface area contributed by atoms with Crippen molar-refractivity contribution in [2.75, 3.05) is 27.9 Å². The van der Waals surface area contributed by atoms with Crippen molar-refractivity contribution in [3.63, 3.8) is 0 Å². The maximum atomic E-state index is 5.50. The van der Waals surface area contributed by atoms with E-state index < -0.39 is 0 Å². The summed E-state index contributed by atoms with van der Waals surface area (Å²) in [6, 6.07) is 10.6. The van der Waals surface area contributed by atoms with E-state index >= 15 is 0 Å². The Morgan fingerprint density at radius 1 is 0.880 bits per heavy atom. The predicted octanol–water partition coefficient (Wildman–Crippen LogP) is 3.53. The molecule has 0 atom stereocenters. The number of benzene rings is 2. The summed E-state index contributed by atoms with van der Waals surface area (Å²) >= 11 is 0. The Morgan fingerprint density at radius 2 is 1.64 bits per heavy atom. The summed E-state index contributed by atoms with van der Waals surface area (Å²) < 4.78 is 16.2. The molecule has 0 heterocycles. The van der Waals surface area contributed by atoms with Crippen LogP contribution in [-0.4, -0.2) is 27.9 Å². The normalized spacial score (nSPS) is 12.8. The van der Waals surface area contributed by atoms with Crippen molar-refractivity contribution in [2.45, 2.75) is 32.2 Å². The molecule has 0 fully saturated rings. The van der Waals surface area contributed by atoms with Crippen molar-refractivity contribution in [3.8, 4) is 17.2 Å². The fourth-order valence-electron chi connectivity index (χ4n) is 3.60. The molecule has 4 nitrogen and oxygen atoms in total. The van der Waals surface area contributed by atoms with Crippen molar-refractivity contribution in [3.05, 3.63) is 52.6 Å². The maximum absolute atomic E-state index is 5.50. The Balaban J connectivity index is 1.61. The van der Waals surface area contributed by atoms with E-state index in [1.54, 1.807) is 26.9 Å². The van der Waals surface area contributed by atoms with Crippen molar-refractivity contribution >= 4 is 0 Å². The molecule has 3 rings (SSSR count). The highest BCUT2D eigenvalue weighted by Gasteiger charge is 2.14. The number of rotatable bonds is 8. The molecule has 0 aromatic heterocycles. The van der Waals surface area contributed by atoms with E-state index in [0.29, 0.717) is 5.75 Å². The van der Waals surface area contributed by atoms with Crippen LogP contribution in [0.15, 0.2) is 30.3 Å². The smallest absolute Gasteiger partial charge is 0.164 e. The van der Waals surface area contributed by atoms with E-state index in [0.717, 1.165) is 36.6 Å².